The number of alkyl halides is 1. The number of esters is 1. The summed E-state index contributed by atoms with van der Waals surface area (Å²) >= 11 is 18.8. The van der Waals surface area contributed by atoms with Crippen LogP contribution in [0.25, 0.3) is 5.69 Å². The van der Waals surface area contributed by atoms with Gasteiger partial charge in [0.15, 0.2) is 0 Å². The van der Waals surface area contributed by atoms with Crippen LogP contribution in [0.1, 0.15) is 29.7 Å². The van der Waals surface area contributed by atoms with Crippen molar-refractivity contribution < 1.29 is 9.53 Å². The van der Waals surface area contributed by atoms with Gasteiger partial charge in [0.2, 0.25) is 0 Å². The van der Waals surface area contributed by atoms with Crippen LogP contribution >= 0.6 is 34.8 Å². The second kappa shape index (κ2) is 7.34. The molecule has 0 saturated carbocycles. The molecule has 0 spiro atoms. The van der Waals surface area contributed by atoms with Crippen LogP contribution in [0.15, 0.2) is 18.2 Å². The first-order valence-corrected chi connectivity index (χ1v) is 8.97. The molecular formula is C17H17Cl3N2O2. The average molecular weight is 388 g/mol. The van der Waals surface area contributed by atoms with Crippen LogP contribution in [0.2, 0.25) is 10.2 Å². The lowest BCUT2D eigenvalue weighted by molar-refractivity contribution is -0.140. The lowest BCUT2D eigenvalue weighted by atomic mass is 9.98. The van der Waals surface area contributed by atoms with Gasteiger partial charge in [-0.1, -0.05) is 23.2 Å². The third-order valence-corrected chi connectivity index (χ3v) is 5.31. The van der Waals surface area contributed by atoms with Gasteiger partial charge in [0.1, 0.15) is 10.5 Å². The fourth-order valence-electron chi connectivity index (χ4n) is 2.94. The molecule has 4 nitrogen and oxygen atoms in total. The molecule has 24 heavy (non-hydrogen) atoms. The first-order valence-electron chi connectivity index (χ1n) is 7.78. The number of methoxy groups -OCH3 is 1. The molecule has 3 rings (SSSR count). The Balaban J connectivity index is 1.94. The molecule has 0 amide bonds. The number of halogens is 3. The molecule has 1 atom stereocenters. The van der Waals surface area contributed by atoms with E-state index in [0.29, 0.717) is 10.2 Å². The Morgan fingerprint density at radius 2 is 2.08 bits per heavy atom. The van der Waals surface area contributed by atoms with Crippen LogP contribution < -0.4 is 0 Å². The van der Waals surface area contributed by atoms with Crippen LogP contribution in [-0.4, -0.2) is 28.2 Å². The first kappa shape index (κ1) is 17.6. The second-order valence-electron chi connectivity index (χ2n) is 5.81. The number of ether oxygens (including phenoxy) is 1. The minimum absolute atomic E-state index is 0.277. The van der Waals surface area contributed by atoms with Gasteiger partial charge in [-0.05, 0) is 49.4 Å². The molecule has 0 bridgehead atoms. The van der Waals surface area contributed by atoms with Crippen molar-refractivity contribution >= 4 is 40.8 Å². The number of hydrogen-bond donors (Lipinski definition) is 0. The zero-order valence-electron chi connectivity index (χ0n) is 13.2. The Bertz CT molecular complexity index is 773. The average Bonchev–Trinajstić information content (AvgIpc) is 2.93. The number of carbonyl (C=O) groups excluding carboxylic acids is 1. The second-order valence-corrected chi connectivity index (χ2v) is 7.10. The summed E-state index contributed by atoms with van der Waals surface area (Å²) in [6.07, 6.45) is 4.46. The number of rotatable bonds is 4. The van der Waals surface area contributed by atoms with Gasteiger partial charge >= 0.3 is 5.97 Å². The number of carbonyl (C=O) groups is 1. The number of nitrogens with zero attached hydrogens (tertiary/aromatic N) is 2. The van der Waals surface area contributed by atoms with E-state index in [1.54, 1.807) is 10.7 Å². The Morgan fingerprint density at radius 3 is 2.79 bits per heavy atom. The molecule has 1 unspecified atom stereocenters. The highest BCUT2D eigenvalue weighted by atomic mass is 35.5. The van der Waals surface area contributed by atoms with Crippen molar-refractivity contribution in [1.29, 1.82) is 0 Å². The third-order valence-electron chi connectivity index (χ3n) is 4.22. The van der Waals surface area contributed by atoms with Crippen molar-refractivity contribution in [3.63, 3.8) is 0 Å². The molecule has 7 heteroatoms. The fraction of sp³-hybridized carbons (Fsp3) is 0.412. The molecular weight excluding hydrogens is 371 g/mol. The summed E-state index contributed by atoms with van der Waals surface area (Å²) in [5.41, 5.74) is 3.75. The Kier molecular flexibility index (Phi) is 5.38. The van der Waals surface area contributed by atoms with Crippen LogP contribution in [0.4, 0.5) is 0 Å². The highest BCUT2D eigenvalue weighted by Crippen LogP contribution is 2.31. The molecule has 0 fully saturated rings. The SMILES string of the molecule is COC(=O)C(Cl)Cc1cc(-n2nc3c(c2Cl)CCCC3)ccc1Cl. The van der Waals surface area contributed by atoms with Gasteiger partial charge in [-0.2, -0.15) is 5.10 Å². The van der Waals surface area contributed by atoms with Gasteiger partial charge in [-0.25, -0.2) is 4.68 Å². The summed E-state index contributed by atoms with van der Waals surface area (Å²) in [6.45, 7) is 0. The molecule has 1 aromatic carbocycles. The Morgan fingerprint density at radius 1 is 1.33 bits per heavy atom. The summed E-state index contributed by atoms with van der Waals surface area (Å²) in [6, 6.07) is 5.49. The summed E-state index contributed by atoms with van der Waals surface area (Å²) in [4.78, 5) is 11.5. The molecule has 0 radical (unpaired) electrons. The van der Waals surface area contributed by atoms with Crippen molar-refractivity contribution in [3.8, 4) is 5.69 Å². The van der Waals surface area contributed by atoms with Crippen LogP contribution in [-0.2, 0) is 28.8 Å². The predicted molar refractivity (Wildman–Crippen MR) is 95.6 cm³/mol. The van der Waals surface area contributed by atoms with Crippen molar-refractivity contribution in [2.75, 3.05) is 7.11 Å². The van der Waals surface area contributed by atoms with E-state index >= 15 is 0 Å². The van der Waals surface area contributed by atoms with Crippen LogP contribution in [0.3, 0.4) is 0 Å². The van der Waals surface area contributed by atoms with Crippen molar-refractivity contribution in [1.82, 2.24) is 9.78 Å². The predicted octanol–water partition coefficient (Wildman–Crippen LogP) is 4.38. The standard InChI is InChI=1S/C17H17Cl3N2O2/c1-24-17(23)14(19)9-10-8-11(6-7-13(10)18)22-16(20)12-4-2-3-5-15(12)21-22/h6-8,14H,2-5,9H2,1H3. The molecule has 1 aliphatic carbocycles. The molecule has 2 aromatic rings. The Hall–Kier alpha value is -1.23. The molecule has 1 aliphatic rings. The summed E-state index contributed by atoms with van der Waals surface area (Å²) in [5.74, 6) is -0.481. The number of benzene rings is 1. The molecule has 0 N–H and O–H groups in total. The summed E-state index contributed by atoms with van der Waals surface area (Å²) in [5, 5.41) is 5.04. The van der Waals surface area contributed by atoms with Gasteiger partial charge in [0, 0.05) is 17.0 Å². The first-order chi connectivity index (χ1) is 11.5. The Labute approximate surface area is 155 Å². The van der Waals surface area contributed by atoms with Gasteiger partial charge < -0.3 is 4.74 Å². The van der Waals surface area contributed by atoms with E-state index in [9.17, 15) is 4.79 Å². The number of aromatic nitrogens is 2. The summed E-state index contributed by atoms with van der Waals surface area (Å²) < 4.78 is 6.40. The maximum Gasteiger partial charge on any atom is 0.324 e. The van der Waals surface area contributed by atoms with E-state index < -0.39 is 11.3 Å². The zero-order valence-corrected chi connectivity index (χ0v) is 15.5. The molecule has 0 saturated heterocycles. The van der Waals surface area contributed by atoms with Gasteiger partial charge in [0.25, 0.3) is 0 Å². The maximum absolute atomic E-state index is 11.5. The minimum atomic E-state index is -0.788. The third kappa shape index (κ3) is 3.41. The smallest absolute Gasteiger partial charge is 0.324 e. The van der Waals surface area contributed by atoms with E-state index in [1.807, 2.05) is 12.1 Å². The zero-order chi connectivity index (χ0) is 17.3. The van der Waals surface area contributed by atoms with Crippen LogP contribution in [0.5, 0.6) is 0 Å². The van der Waals surface area contributed by atoms with E-state index in [4.69, 9.17) is 34.8 Å². The topological polar surface area (TPSA) is 44.1 Å². The molecule has 1 aromatic heterocycles. The van der Waals surface area contributed by atoms with Crippen molar-refractivity contribution in [2.24, 2.45) is 0 Å². The quantitative estimate of drug-likeness (QED) is 0.577. The molecule has 1 heterocycles. The van der Waals surface area contributed by atoms with E-state index in [1.165, 1.54) is 7.11 Å². The van der Waals surface area contributed by atoms with Crippen molar-refractivity contribution in [3.05, 3.63) is 45.2 Å². The number of hydrogen-bond acceptors (Lipinski definition) is 3. The molecule has 0 aliphatic heterocycles. The van der Waals surface area contributed by atoms with Crippen LogP contribution in [0, 0.1) is 0 Å². The highest BCUT2D eigenvalue weighted by molar-refractivity contribution is 6.32. The lowest BCUT2D eigenvalue weighted by Gasteiger charge is -2.11. The monoisotopic (exact) mass is 386 g/mol. The van der Waals surface area contributed by atoms with E-state index in [2.05, 4.69) is 9.84 Å². The molecule has 128 valence electrons. The van der Waals surface area contributed by atoms with Gasteiger partial charge in [0.05, 0.1) is 18.5 Å². The fourth-order valence-corrected chi connectivity index (χ4v) is 3.73. The number of fused-ring (bicyclic) bond motifs is 1. The number of aryl methyl sites for hydroxylation is 1. The van der Waals surface area contributed by atoms with Crippen molar-refractivity contribution in [2.45, 2.75) is 37.5 Å². The van der Waals surface area contributed by atoms with E-state index in [-0.39, 0.29) is 6.42 Å². The largest absolute Gasteiger partial charge is 0.468 e. The highest BCUT2D eigenvalue weighted by Gasteiger charge is 2.22. The summed E-state index contributed by atoms with van der Waals surface area (Å²) in [7, 11) is 1.31. The van der Waals surface area contributed by atoms with E-state index in [0.717, 1.165) is 48.2 Å². The van der Waals surface area contributed by atoms with Gasteiger partial charge in [-0.15, -0.1) is 11.6 Å². The lowest BCUT2D eigenvalue weighted by Crippen LogP contribution is -2.19. The normalized spacial score (nSPS) is 15.0. The van der Waals surface area contributed by atoms with Gasteiger partial charge in [-0.3, -0.25) is 4.79 Å². The maximum atomic E-state index is 11.5. The minimum Gasteiger partial charge on any atom is -0.468 e.